The molecule has 1 aromatic rings. The van der Waals surface area contributed by atoms with E-state index in [1.54, 1.807) is 19.2 Å². The molecule has 1 aliphatic heterocycles. The molecule has 0 aromatic carbocycles. The minimum Gasteiger partial charge on any atom is -0.387 e. The molecule has 6 heteroatoms. The minimum absolute atomic E-state index is 0.0354. The Morgan fingerprint density at radius 1 is 1.65 bits per heavy atom. The van der Waals surface area contributed by atoms with Crippen molar-refractivity contribution in [2.45, 2.75) is 26.0 Å². The molecule has 1 fully saturated rings. The summed E-state index contributed by atoms with van der Waals surface area (Å²) < 4.78 is 5.40. The SMILES string of the molecule is CCNC(=O)C1COCCN1c1ccc(C(C)O)nc1. The van der Waals surface area contributed by atoms with Crippen molar-refractivity contribution >= 4 is 11.6 Å². The Morgan fingerprint density at radius 2 is 2.45 bits per heavy atom. The molecule has 0 radical (unpaired) electrons. The maximum Gasteiger partial charge on any atom is 0.245 e. The average molecular weight is 279 g/mol. The second-order valence-corrected chi connectivity index (χ2v) is 4.80. The zero-order valence-electron chi connectivity index (χ0n) is 11.9. The molecule has 110 valence electrons. The van der Waals surface area contributed by atoms with E-state index in [2.05, 4.69) is 10.3 Å². The zero-order valence-corrected chi connectivity index (χ0v) is 11.9. The molecule has 2 atom stereocenters. The van der Waals surface area contributed by atoms with Crippen molar-refractivity contribution in [1.82, 2.24) is 10.3 Å². The molecular weight excluding hydrogens is 258 g/mol. The van der Waals surface area contributed by atoms with Crippen molar-refractivity contribution in [3.8, 4) is 0 Å². The number of carbonyl (C=O) groups excluding carboxylic acids is 1. The van der Waals surface area contributed by atoms with Crippen molar-refractivity contribution in [1.29, 1.82) is 0 Å². The lowest BCUT2D eigenvalue weighted by molar-refractivity contribution is -0.124. The van der Waals surface area contributed by atoms with E-state index in [4.69, 9.17) is 4.74 Å². The summed E-state index contributed by atoms with van der Waals surface area (Å²) in [6.45, 7) is 5.79. The third-order valence-corrected chi connectivity index (χ3v) is 3.31. The third-order valence-electron chi connectivity index (χ3n) is 3.31. The largest absolute Gasteiger partial charge is 0.387 e. The van der Waals surface area contributed by atoms with Gasteiger partial charge in [0.1, 0.15) is 6.04 Å². The van der Waals surface area contributed by atoms with Crippen molar-refractivity contribution in [3.05, 3.63) is 24.0 Å². The van der Waals surface area contributed by atoms with Gasteiger partial charge in [0.05, 0.1) is 36.9 Å². The maximum atomic E-state index is 12.1. The van der Waals surface area contributed by atoms with Gasteiger partial charge in [-0.3, -0.25) is 9.78 Å². The summed E-state index contributed by atoms with van der Waals surface area (Å²) in [5, 5.41) is 12.3. The quantitative estimate of drug-likeness (QED) is 0.838. The normalized spacial score (nSPS) is 20.6. The molecule has 1 amide bonds. The summed E-state index contributed by atoms with van der Waals surface area (Å²) in [6.07, 6.45) is 1.10. The number of rotatable bonds is 4. The molecule has 2 rings (SSSR count). The summed E-state index contributed by atoms with van der Waals surface area (Å²) in [7, 11) is 0. The number of nitrogens with one attached hydrogen (secondary N) is 1. The van der Waals surface area contributed by atoms with Crippen LogP contribution in [0, 0.1) is 0 Å². The van der Waals surface area contributed by atoms with Gasteiger partial charge >= 0.3 is 0 Å². The number of aromatic nitrogens is 1. The molecule has 0 aliphatic carbocycles. The van der Waals surface area contributed by atoms with Crippen LogP contribution in [-0.2, 0) is 9.53 Å². The summed E-state index contributed by atoms with van der Waals surface area (Å²) in [6, 6.07) is 3.33. The molecule has 0 saturated carbocycles. The van der Waals surface area contributed by atoms with Crippen molar-refractivity contribution in [2.75, 3.05) is 31.2 Å². The Hall–Kier alpha value is -1.66. The fourth-order valence-electron chi connectivity index (χ4n) is 2.24. The number of amides is 1. The highest BCUT2D eigenvalue weighted by Gasteiger charge is 2.29. The summed E-state index contributed by atoms with van der Waals surface area (Å²) in [4.78, 5) is 18.3. The predicted molar refractivity (Wildman–Crippen MR) is 75.5 cm³/mol. The van der Waals surface area contributed by atoms with E-state index < -0.39 is 6.10 Å². The number of anilines is 1. The highest BCUT2D eigenvalue weighted by atomic mass is 16.5. The molecule has 1 aliphatic rings. The lowest BCUT2D eigenvalue weighted by Crippen LogP contribution is -2.54. The number of hydrogen-bond donors (Lipinski definition) is 2. The average Bonchev–Trinajstić information content (AvgIpc) is 2.47. The zero-order chi connectivity index (χ0) is 14.5. The summed E-state index contributed by atoms with van der Waals surface area (Å²) >= 11 is 0. The van der Waals surface area contributed by atoms with E-state index in [1.807, 2.05) is 17.9 Å². The van der Waals surface area contributed by atoms with Gasteiger partial charge in [0.15, 0.2) is 0 Å². The van der Waals surface area contributed by atoms with Crippen LogP contribution in [0.4, 0.5) is 5.69 Å². The molecule has 1 aromatic heterocycles. The van der Waals surface area contributed by atoms with Crippen molar-refractivity contribution < 1.29 is 14.6 Å². The number of likely N-dealkylation sites (N-methyl/N-ethyl adjacent to an activating group) is 1. The number of aliphatic hydroxyl groups excluding tert-OH is 1. The number of morpholine rings is 1. The molecule has 2 N–H and O–H groups in total. The molecule has 2 heterocycles. The number of pyridine rings is 1. The Morgan fingerprint density at radius 3 is 3.05 bits per heavy atom. The Balaban J connectivity index is 2.16. The van der Waals surface area contributed by atoms with Crippen LogP contribution in [-0.4, -0.2) is 48.3 Å². The Kier molecular flexibility index (Phi) is 4.92. The van der Waals surface area contributed by atoms with Gasteiger partial charge in [-0.1, -0.05) is 0 Å². The summed E-state index contributed by atoms with van der Waals surface area (Å²) in [5.74, 6) is -0.0354. The van der Waals surface area contributed by atoms with Gasteiger partial charge in [-0.25, -0.2) is 0 Å². The van der Waals surface area contributed by atoms with Crippen LogP contribution >= 0.6 is 0 Å². The second kappa shape index (κ2) is 6.67. The number of aliphatic hydroxyl groups is 1. The molecule has 20 heavy (non-hydrogen) atoms. The Labute approximate surface area is 118 Å². The third kappa shape index (κ3) is 3.26. The van der Waals surface area contributed by atoms with Crippen molar-refractivity contribution in [2.24, 2.45) is 0 Å². The first-order valence-electron chi connectivity index (χ1n) is 6.89. The van der Waals surface area contributed by atoms with Gasteiger partial charge in [-0.2, -0.15) is 0 Å². The first kappa shape index (κ1) is 14.7. The van der Waals surface area contributed by atoms with E-state index >= 15 is 0 Å². The minimum atomic E-state index is -0.590. The number of nitrogens with zero attached hydrogens (tertiary/aromatic N) is 2. The molecular formula is C14H21N3O3. The molecule has 6 nitrogen and oxygen atoms in total. The molecule has 2 unspecified atom stereocenters. The van der Waals surface area contributed by atoms with Gasteiger partial charge in [0, 0.05) is 13.1 Å². The fraction of sp³-hybridized carbons (Fsp3) is 0.571. The first-order valence-corrected chi connectivity index (χ1v) is 6.89. The smallest absolute Gasteiger partial charge is 0.245 e. The lowest BCUT2D eigenvalue weighted by Gasteiger charge is -2.36. The van der Waals surface area contributed by atoms with E-state index in [-0.39, 0.29) is 11.9 Å². The monoisotopic (exact) mass is 279 g/mol. The lowest BCUT2D eigenvalue weighted by atomic mass is 10.1. The van der Waals surface area contributed by atoms with E-state index in [1.165, 1.54) is 0 Å². The van der Waals surface area contributed by atoms with Gasteiger partial charge in [-0.15, -0.1) is 0 Å². The highest BCUT2D eigenvalue weighted by Crippen LogP contribution is 2.20. The predicted octanol–water partition coefficient (Wildman–Crippen LogP) is 0.476. The van der Waals surface area contributed by atoms with Gasteiger partial charge in [0.25, 0.3) is 0 Å². The van der Waals surface area contributed by atoms with Gasteiger partial charge in [-0.05, 0) is 26.0 Å². The van der Waals surface area contributed by atoms with E-state index in [0.717, 1.165) is 5.69 Å². The fourth-order valence-corrected chi connectivity index (χ4v) is 2.24. The number of ether oxygens (including phenoxy) is 1. The maximum absolute atomic E-state index is 12.1. The van der Waals surface area contributed by atoms with Gasteiger partial charge < -0.3 is 20.1 Å². The number of carbonyl (C=O) groups is 1. The standard InChI is InChI=1S/C14H21N3O3/c1-3-15-14(19)13-9-20-7-6-17(13)11-4-5-12(10(2)18)16-8-11/h4-5,8,10,13,18H,3,6-7,9H2,1-2H3,(H,15,19). The molecule has 1 saturated heterocycles. The van der Waals surface area contributed by atoms with Crippen LogP contribution in [0.1, 0.15) is 25.6 Å². The molecule has 0 spiro atoms. The Bertz CT molecular complexity index is 447. The molecule has 0 bridgehead atoms. The van der Waals surface area contributed by atoms with E-state index in [9.17, 15) is 9.90 Å². The topological polar surface area (TPSA) is 74.7 Å². The van der Waals surface area contributed by atoms with Crippen LogP contribution in [0.2, 0.25) is 0 Å². The van der Waals surface area contributed by atoms with E-state index in [0.29, 0.717) is 32.0 Å². The number of hydrogen-bond acceptors (Lipinski definition) is 5. The first-order chi connectivity index (χ1) is 9.63. The van der Waals surface area contributed by atoms with Crippen molar-refractivity contribution in [3.63, 3.8) is 0 Å². The van der Waals surface area contributed by atoms with Crippen LogP contribution < -0.4 is 10.2 Å². The van der Waals surface area contributed by atoms with Crippen LogP contribution in [0.25, 0.3) is 0 Å². The summed E-state index contributed by atoms with van der Waals surface area (Å²) in [5.41, 5.74) is 1.49. The highest BCUT2D eigenvalue weighted by molar-refractivity contribution is 5.85. The second-order valence-electron chi connectivity index (χ2n) is 4.80. The van der Waals surface area contributed by atoms with Crippen LogP contribution in [0.3, 0.4) is 0 Å². The van der Waals surface area contributed by atoms with Gasteiger partial charge in [0.2, 0.25) is 5.91 Å². The van der Waals surface area contributed by atoms with Crippen LogP contribution in [0.15, 0.2) is 18.3 Å². The van der Waals surface area contributed by atoms with Crippen LogP contribution in [0.5, 0.6) is 0 Å².